The number of aliphatic hydroxyl groups is 1. The van der Waals surface area contributed by atoms with Crippen LogP contribution in [0.25, 0.3) is 21.5 Å². The van der Waals surface area contributed by atoms with Crippen LogP contribution in [0.2, 0.25) is 10.0 Å². The van der Waals surface area contributed by atoms with Gasteiger partial charge in [0.15, 0.2) is 0 Å². The Labute approximate surface area is 154 Å². The van der Waals surface area contributed by atoms with Crippen molar-refractivity contribution in [2.75, 3.05) is 5.73 Å². The molecule has 0 fully saturated rings. The van der Waals surface area contributed by atoms with Gasteiger partial charge in [-0.1, -0.05) is 37.0 Å². The van der Waals surface area contributed by atoms with Gasteiger partial charge in [-0.25, -0.2) is 9.97 Å². The fraction of sp³-hybridized carbons (Fsp3) is 0.294. The van der Waals surface area contributed by atoms with Crippen molar-refractivity contribution in [1.82, 2.24) is 9.97 Å². The Balaban J connectivity index is 2.27. The number of nitrogen functional groups attached to an aromatic ring is 1. The molecule has 3 aromatic rings. The summed E-state index contributed by atoms with van der Waals surface area (Å²) < 4.78 is 0. The second kappa shape index (κ2) is 6.48. The van der Waals surface area contributed by atoms with E-state index in [1.165, 1.54) is 11.3 Å². The summed E-state index contributed by atoms with van der Waals surface area (Å²) in [5.41, 5.74) is 6.39. The van der Waals surface area contributed by atoms with Crippen LogP contribution in [0.4, 0.5) is 5.95 Å². The van der Waals surface area contributed by atoms with Crippen LogP contribution < -0.4 is 5.73 Å². The van der Waals surface area contributed by atoms with E-state index in [1.54, 1.807) is 12.1 Å². The van der Waals surface area contributed by atoms with Gasteiger partial charge in [0.25, 0.3) is 0 Å². The van der Waals surface area contributed by atoms with Crippen molar-refractivity contribution in [3.05, 3.63) is 39.2 Å². The van der Waals surface area contributed by atoms with E-state index in [0.717, 1.165) is 20.7 Å². The molecule has 2 aromatic heterocycles. The molecule has 0 spiro atoms. The van der Waals surface area contributed by atoms with Gasteiger partial charge in [-0.2, -0.15) is 0 Å². The normalized spacial score (nSPS) is 12.0. The van der Waals surface area contributed by atoms with Gasteiger partial charge in [0.05, 0.1) is 16.3 Å². The molecule has 0 unspecified atom stereocenters. The van der Waals surface area contributed by atoms with Crippen molar-refractivity contribution in [1.29, 1.82) is 0 Å². The molecule has 0 aliphatic carbocycles. The molecule has 0 aliphatic heterocycles. The van der Waals surface area contributed by atoms with Crippen molar-refractivity contribution < 1.29 is 5.11 Å². The van der Waals surface area contributed by atoms with Gasteiger partial charge in [0.1, 0.15) is 4.83 Å². The summed E-state index contributed by atoms with van der Waals surface area (Å²) in [6.45, 7) is 3.93. The third-order valence-corrected chi connectivity index (χ3v) is 5.99. The van der Waals surface area contributed by atoms with Gasteiger partial charge < -0.3 is 10.8 Å². The maximum Gasteiger partial charge on any atom is 0.221 e. The van der Waals surface area contributed by atoms with Crippen LogP contribution in [0.5, 0.6) is 0 Å². The Hall–Kier alpha value is -1.40. The molecule has 0 amide bonds. The average molecular weight is 382 g/mol. The first kappa shape index (κ1) is 17.4. The molecule has 126 valence electrons. The molecule has 0 bridgehead atoms. The zero-order chi connectivity index (χ0) is 17.5. The topological polar surface area (TPSA) is 72.0 Å². The van der Waals surface area contributed by atoms with E-state index in [-0.39, 0.29) is 5.95 Å². The van der Waals surface area contributed by atoms with Gasteiger partial charge in [-0.05, 0) is 37.1 Å². The Morgan fingerprint density at radius 2 is 1.88 bits per heavy atom. The maximum atomic E-state index is 10.8. The molecular weight excluding hydrogens is 365 g/mol. The quantitative estimate of drug-likeness (QED) is 0.646. The van der Waals surface area contributed by atoms with Gasteiger partial charge in [-0.3, -0.25) is 0 Å². The zero-order valence-electron chi connectivity index (χ0n) is 13.3. The fourth-order valence-corrected chi connectivity index (χ4v) is 4.42. The van der Waals surface area contributed by atoms with Crippen LogP contribution in [0.15, 0.2) is 24.3 Å². The van der Waals surface area contributed by atoms with Gasteiger partial charge in [-0.15, -0.1) is 11.3 Å². The molecule has 0 atom stereocenters. The van der Waals surface area contributed by atoms with E-state index in [0.29, 0.717) is 28.6 Å². The van der Waals surface area contributed by atoms with Gasteiger partial charge in [0, 0.05) is 20.8 Å². The van der Waals surface area contributed by atoms with Crippen LogP contribution in [0.3, 0.4) is 0 Å². The summed E-state index contributed by atoms with van der Waals surface area (Å²) in [6, 6.07) is 7.18. The second-order valence-electron chi connectivity index (χ2n) is 5.62. The lowest BCUT2D eigenvalue weighted by molar-refractivity contribution is 0.0322. The van der Waals surface area contributed by atoms with E-state index in [4.69, 9.17) is 28.9 Å². The minimum atomic E-state index is -0.874. The van der Waals surface area contributed by atoms with Crippen molar-refractivity contribution in [3.8, 4) is 11.3 Å². The Bertz CT molecular complexity index is 906. The zero-order valence-corrected chi connectivity index (χ0v) is 15.6. The third-order valence-electron chi connectivity index (χ3n) is 4.22. The summed E-state index contributed by atoms with van der Waals surface area (Å²) >= 11 is 13.8. The summed E-state index contributed by atoms with van der Waals surface area (Å²) in [5, 5.41) is 12.7. The van der Waals surface area contributed by atoms with Crippen LogP contribution in [0, 0.1) is 0 Å². The molecule has 4 nitrogen and oxygen atoms in total. The van der Waals surface area contributed by atoms with Crippen molar-refractivity contribution in [3.63, 3.8) is 0 Å². The van der Waals surface area contributed by atoms with E-state index >= 15 is 0 Å². The molecule has 3 N–H and O–H groups in total. The number of thiophene rings is 1. The van der Waals surface area contributed by atoms with Crippen LogP contribution in [-0.4, -0.2) is 15.1 Å². The highest BCUT2D eigenvalue weighted by Gasteiger charge is 2.28. The summed E-state index contributed by atoms with van der Waals surface area (Å²) in [6.07, 6.45) is 1.24. The molecule has 24 heavy (non-hydrogen) atoms. The summed E-state index contributed by atoms with van der Waals surface area (Å²) in [4.78, 5) is 10.3. The first-order valence-electron chi connectivity index (χ1n) is 7.63. The molecule has 3 rings (SSSR count). The molecule has 0 aliphatic rings. The highest BCUT2D eigenvalue weighted by Crippen LogP contribution is 2.41. The van der Waals surface area contributed by atoms with Gasteiger partial charge >= 0.3 is 0 Å². The van der Waals surface area contributed by atoms with E-state index in [9.17, 15) is 5.11 Å². The number of anilines is 1. The number of nitrogens with zero attached hydrogens (tertiary/aromatic N) is 2. The average Bonchev–Trinajstić information content (AvgIpc) is 2.98. The van der Waals surface area contributed by atoms with Crippen LogP contribution in [-0.2, 0) is 5.60 Å². The predicted molar refractivity (Wildman–Crippen MR) is 102 cm³/mol. The first-order chi connectivity index (χ1) is 11.4. The standard InChI is InChI=1S/C17H17Cl2N3OS/c1-3-17(23,4-2)13-8-11-14(21-16(20)22-15(11)24-13)10-6-5-9(18)7-12(10)19/h5-8,23H,3-4H2,1-2H3,(H2,20,21,22). The number of nitrogens with two attached hydrogens (primary N) is 1. The third kappa shape index (κ3) is 2.97. The largest absolute Gasteiger partial charge is 0.384 e. The number of rotatable bonds is 4. The number of hydrogen-bond acceptors (Lipinski definition) is 5. The smallest absolute Gasteiger partial charge is 0.221 e. The Morgan fingerprint density at radius 3 is 2.50 bits per heavy atom. The Morgan fingerprint density at radius 1 is 1.17 bits per heavy atom. The van der Waals surface area contributed by atoms with Crippen LogP contribution >= 0.6 is 34.5 Å². The van der Waals surface area contributed by atoms with Gasteiger partial charge in [0.2, 0.25) is 5.95 Å². The lowest BCUT2D eigenvalue weighted by Gasteiger charge is -2.23. The number of hydrogen-bond donors (Lipinski definition) is 2. The van der Waals surface area contributed by atoms with Crippen molar-refractivity contribution in [2.24, 2.45) is 0 Å². The van der Waals surface area contributed by atoms with Crippen molar-refractivity contribution in [2.45, 2.75) is 32.3 Å². The highest BCUT2D eigenvalue weighted by molar-refractivity contribution is 7.18. The number of aromatic nitrogens is 2. The Kier molecular flexibility index (Phi) is 4.71. The van der Waals surface area contributed by atoms with E-state index < -0.39 is 5.60 Å². The molecule has 1 aromatic carbocycles. The molecule has 2 heterocycles. The molecular formula is C17H17Cl2N3OS. The first-order valence-corrected chi connectivity index (χ1v) is 9.20. The molecule has 7 heteroatoms. The lowest BCUT2D eigenvalue weighted by atomic mass is 9.95. The maximum absolute atomic E-state index is 10.8. The SMILES string of the molecule is CCC(O)(CC)c1cc2c(-c3ccc(Cl)cc3Cl)nc(N)nc2s1. The number of fused-ring (bicyclic) bond motifs is 1. The monoisotopic (exact) mass is 381 g/mol. The minimum absolute atomic E-state index is 0.174. The molecule has 0 radical (unpaired) electrons. The van der Waals surface area contributed by atoms with Crippen LogP contribution in [0.1, 0.15) is 31.6 Å². The second-order valence-corrected chi connectivity index (χ2v) is 7.50. The van der Waals surface area contributed by atoms with Crippen molar-refractivity contribution >= 4 is 50.7 Å². The summed E-state index contributed by atoms with van der Waals surface area (Å²) in [7, 11) is 0. The minimum Gasteiger partial charge on any atom is -0.384 e. The van der Waals surface area contributed by atoms with E-state index in [2.05, 4.69) is 9.97 Å². The fourth-order valence-electron chi connectivity index (χ4n) is 2.65. The molecule has 0 saturated carbocycles. The number of benzene rings is 1. The van der Waals surface area contributed by atoms with E-state index in [1.807, 2.05) is 26.0 Å². The lowest BCUT2D eigenvalue weighted by Crippen LogP contribution is -2.21. The molecule has 0 saturated heterocycles. The summed E-state index contributed by atoms with van der Waals surface area (Å²) in [5.74, 6) is 0.174. The highest BCUT2D eigenvalue weighted by atomic mass is 35.5. The predicted octanol–water partition coefficient (Wildman–Crippen LogP) is 5.25. The number of halogens is 2.